The number of anilines is 1. The van der Waals surface area contributed by atoms with Crippen LogP contribution in [0.15, 0.2) is 47.8 Å². The average Bonchev–Trinajstić information content (AvgIpc) is 3.10. The first-order valence-corrected chi connectivity index (χ1v) is 9.37. The van der Waals surface area contributed by atoms with Crippen molar-refractivity contribution in [1.82, 2.24) is 4.98 Å². The van der Waals surface area contributed by atoms with Crippen molar-refractivity contribution in [1.29, 1.82) is 0 Å². The van der Waals surface area contributed by atoms with Crippen molar-refractivity contribution in [3.05, 3.63) is 70.1 Å². The second-order valence-corrected chi connectivity index (χ2v) is 7.20. The topological polar surface area (TPSA) is 68.3 Å². The minimum atomic E-state index is -0.508. The van der Waals surface area contributed by atoms with Gasteiger partial charge in [0, 0.05) is 10.9 Å². The molecule has 0 saturated carbocycles. The second kappa shape index (κ2) is 8.14. The number of carbonyl (C=O) groups excluding carboxylic acids is 2. The number of carbonyl (C=O) groups is 2. The Hall–Kier alpha value is -2.99. The summed E-state index contributed by atoms with van der Waals surface area (Å²) in [6.45, 7) is 5.40. The van der Waals surface area contributed by atoms with E-state index in [9.17, 15) is 9.59 Å². The third kappa shape index (κ3) is 4.80. The zero-order valence-electron chi connectivity index (χ0n) is 15.4. The molecule has 0 atom stereocenters. The molecule has 0 radical (unpaired) electrons. The summed E-state index contributed by atoms with van der Waals surface area (Å²) in [5.41, 5.74) is 5.20. The Balaban J connectivity index is 1.57. The first-order chi connectivity index (χ1) is 12.9. The third-order valence-corrected chi connectivity index (χ3v) is 4.80. The summed E-state index contributed by atoms with van der Waals surface area (Å²) in [6.07, 6.45) is 0. The van der Waals surface area contributed by atoms with Crippen LogP contribution in [-0.2, 0) is 9.53 Å². The summed E-state index contributed by atoms with van der Waals surface area (Å²) in [4.78, 5) is 28.7. The second-order valence-electron chi connectivity index (χ2n) is 6.35. The molecule has 1 heterocycles. The maximum Gasteiger partial charge on any atom is 0.338 e. The van der Waals surface area contributed by atoms with Crippen molar-refractivity contribution in [3.8, 4) is 11.3 Å². The van der Waals surface area contributed by atoms with Crippen molar-refractivity contribution >= 4 is 28.3 Å². The van der Waals surface area contributed by atoms with Gasteiger partial charge in [0.05, 0.1) is 11.3 Å². The van der Waals surface area contributed by atoms with Crippen LogP contribution in [0, 0.1) is 20.8 Å². The Labute approximate surface area is 162 Å². The number of hydrogen-bond donors (Lipinski definition) is 1. The normalized spacial score (nSPS) is 10.5. The van der Waals surface area contributed by atoms with Gasteiger partial charge in [0.1, 0.15) is 0 Å². The summed E-state index contributed by atoms with van der Waals surface area (Å²) in [6, 6.07) is 13.5. The van der Waals surface area contributed by atoms with Crippen LogP contribution in [0.3, 0.4) is 0 Å². The molecule has 0 aliphatic carbocycles. The number of ether oxygens (including phenoxy) is 1. The van der Waals surface area contributed by atoms with Crippen molar-refractivity contribution < 1.29 is 14.3 Å². The number of aryl methyl sites for hydroxylation is 3. The van der Waals surface area contributed by atoms with E-state index in [1.807, 2.05) is 62.5 Å². The number of rotatable bonds is 5. The fourth-order valence-electron chi connectivity index (χ4n) is 2.51. The summed E-state index contributed by atoms with van der Waals surface area (Å²) >= 11 is 1.33. The smallest absolute Gasteiger partial charge is 0.338 e. The molecule has 0 bridgehead atoms. The fraction of sp³-hybridized carbons (Fsp3) is 0.190. The predicted octanol–water partition coefficient (Wildman–Crippen LogP) is 4.53. The lowest BCUT2D eigenvalue weighted by Gasteiger charge is -2.07. The summed E-state index contributed by atoms with van der Waals surface area (Å²) in [7, 11) is 0. The average molecular weight is 380 g/mol. The predicted molar refractivity (Wildman–Crippen MR) is 107 cm³/mol. The van der Waals surface area contributed by atoms with E-state index < -0.39 is 11.9 Å². The number of amides is 1. The molecular weight excluding hydrogens is 360 g/mol. The maximum atomic E-state index is 12.2. The van der Waals surface area contributed by atoms with Gasteiger partial charge in [-0.3, -0.25) is 10.1 Å². The highest BCUT2D eigenvalue weighted by Gasteiger charge is 2.14. The molecule has 138 valence electrons. The third-order valence-electron chi connectivity index (χ3n) is 4.05. The van der Waals surface area contributed by atoms with E-state index in [0.717, 1.165) is 22.4 Å². The van der Waals surface area contributed by atoms with Gasteiger partial charge in [-0.25, -0.2) is 9.78 Å². The molecule has 6 heteroatoms. The largest absolute Gasteiger partial charge is 0.452 e. The minimum absolute atomic E-state index is 0.355. The molecule has 5 nitrogen and oxygen atoms in total. The SMILES string of the molecule is Cc1ccc(-c2csc(NC(=O)COC(=O)c3cc(C)ccc3C)n2)cc1. The first-order valence-electron chi connectivity index (χ1n) is 8.49. The monoisotopic (exact) mass is 380 g/mol. The maximum absolute atomic E-state index is 12.2. The molecule has 1 amide bonds. The Kier molecular flexibility index (Phi) is 5.66. The van der Waals surface area contributed by atoms with Gasteiger partial charge in [-0.1, -0.05) is 47.5 Å². The summed E-state index contributed by atoms with van der Waals surface area (Å²) < 4.78 is 5.13. The van der Waals surface area contributed by atoms with Gasteiger partial charge in [-0.15, -0.1) is 11.3 Å². The molecule has 0 aliphatic heterocycles. The zero-order chi connectivity index (χ0) is 19.4. The molecule has 0 aliphatic rings. The van der Waals surface area contributed by atoms with Gasteiger partial charge in [0.25, 0.3) is 5.91 Å². The van der Waals surface area contributed by atoms with Gasteiger partial charge in [-0.2, -0.15) is 0 Å². The van der Waals surface area contributed by atoms with Gasteiger partial charge in [0.15, 0.2) is 11.7 Å². The fourth-order valence-corrected chi connectivity index (χ4v) is 3.24. The number of benzene rings is 2. The first kappa shape index (κ1) is 18.8. The van der Waals surface area contributed by atoms with Crippen molar-refractivity contribution in [2.45, 2.75) is 20.8 Å². The molecule has 2 aromatic carbocycles. The minimum Gasteiger partial charge on any atom is -0.452 e. The number of thiazole rings is 1. The lowest BCUT2D eigenvalue weighted by molar-refractivity contribution is -0.119. The molecule has 1 aromatic heterocycles. The van der Waals surface area contributed by atoms with E-state index in [1.165, 1.54) is 16.9 Å². The van der Waals surface area contributed by atoms with Gasteiger partial charge >= 0.3 is 5.97 Å². The number of nitrogens with zero attached hydrogens (tertiary/aromatic N) is 1. The lowest BCUT2D eigenvalue weighted by atomic mass is 10.1. The molecule has 27 heavy (non-hydrogen) atoms. The Morgan fingerprint density at radius 3 is 2.48 bits per heavy atom. The van der Waals surface area contributed by atoms with E-state index in [-0.39, 0.29) is 6.61 Å². The zero-order valence-corrected chi connectivity index (χ0v) is 16.2. The van der Waals surface area contributed by atoms with Crippen LogP contribution in [0.5, 0.6) is 0 Å². The number of hydrogen-bond acceptors (Lipinski definition) is 5. The van der Waals surface area contributed by atoms with Crippen molar-refractivity contribution in [2.24, 2.45) is 0 Å². The Morgan fingerprint density at radius 1 is 1.04 bits per heavy atom. The summed E-state index contributed by atoms with van der Waals surface area (Å²) in [5.74, 6) is -0.927. The number of aromatic nitrogens is 1. The van der Waals surface area contributed by atoms with E-state index in [1.54, 1.807) is 6.07 Å². The Bertz CT molecular complexity index is 977. The van der Waals surface area contributed by atoms with Crippen LogP contribution >= 0.6 is 11.3 Å². The van der Waals surface area contributed by atoms with Gasteiger partial charge < -0.3 is 4.74 Å². The standard InChI is InChI=1S/C21H20N2O3S/c1-13-5-8-16(9-6-13)18-12-27-21(22-18)23-19(24)11-26-20(25)17-10-14(2)4-7-15(17)3/h4-10,12H,11H2,1-3H3,(H,22,23,24). The number of nitrogens with one attached hydrogen (secondary N) is 1. The molecule has 1 N–H and O–H groups in total. The highest BCUT2D eigenvalue weighted by atomic mass is 32.1. The highest BCUT2D eigenvalue weighted by molar-refractivity contribution is 7.14. The van der Waals surface area contributed by atoms with Crippen LogP contribution in [0.25, 0.3) is 11.3 Å². The van der Waals surface area contributed by atoms with Crippen molar-refractivity contribution in [2.75, 3.05) is 11.9 Å². The molecule has 3 aromatic rings. The molecule has 0 saturated heterocycles. The van der Waals surface area contributed by atoms with E-state index in [4.69, 9.17) is 4.74 Å². The highest BCUT2D eigenvalue weighted by Crippen LogP contribution is 2.25. The molecule has 0 fully saturated rings. The lowest BCUT2D eigenvalue weighted by Crippen LogP contribution is -2.21. The molecule has 3 rings (SSSR count). The van der Waals surface area contributed by atoms with E-state index in [0.29, 0.717) is 10.7 Å². The van der Waals surface area contributed by atoms with Crippen LogP contribution in [0.2, 0.25) is 0 Å². The van der Waals surface area contributed by atoms with Gasteiger partial charge in [0.2, 0.25) is 0 Å². The molecule has 0 spiro atoms. The van der Waals surface area contributed by atoms with Crippen LogP contribution in [-0.4, -0.2) is 23.5 Å². The van der Waals surface area contributed by atoms with E-state index in [2.05, 4.69) is 10.3 Å². The van der Waals surface area contributed by atoms with Crippen molar-refractivity contribution in [3.63, 3.8) is 0 Å². The Morgan fingerprint density at radius 2 is 1.74 bits per heavy atom. The van der Waals surface area contributed by atoms with E-state index >= 15 is 0 Å². The van der Waals surface area contributed by atoms with Crippen LogP contribution in [0.4, 0.5) is 5.13 Å². The van der Waals surface area contributed by atoms with Crippen LogP contribution < -0.4 is 5.32 Å². The van der Waals surface area contributed by atoms with Gasteiger partial charge in [-0.05, 0) is 32.4 Å². The molecule has 0 unspecified atom stereocenters. The quantitative estimate of drug-likeness (QED) is 0.660. The van der Waals surface area contributed by atoms with Crippen LogP contribution in [0.1, 0.15) is 27.0 Å². The number of esters is 1. The molecular formula is C21H20N2O3S. The summed E-state index contributed by atoms with van der Waals surface area (Å²) in [5, 5.41) is 5.02.